The third kappa shape index (κ3) is 4.31. The Bertz CT molecular complexity index is 641. The summed E-state index contributed by atoms with van der Waals surface area (Å²) >= 11 is 0. The van der Waals surface area contributed by atoms with E-state index >= 15 is 0 Å². The van der Waals surface area contributed by atoms with E-state index in [1.54, 1.807) is 12.1 Å². The Balaban J connectivity index is 1.78. The van der Waals surface area contributed by atoms with Gasteiger partial charge >= 0.3 is 5.97 Å². The molecule has 1 aromatic rings. The summed E-state index contributed by atoms with van der Waals surface area (Å²) in [6.45, 7) is 3.81. The summed E-state index contributed by atoms with van der Waals surface area (Å²) in [6.07, 6.45) is 5.00. The van der Waals surface area contributed by atoms with E-state index in [0.717, 1.165) is 64.0 Å². The zero-order valence-electron chi connectivity index (χ0n) is 14.8. The minimum absolute atomic E-state index is 0.0162. The molecule has 0 bridgehead atoms. The van der Waals surface area contributed by atoms with Gasteiger partial charge in [-0.3, -0.25) is 4.79 Å². The van der Waals surface area contributed by atoms with Crippen LogP contribution in [-0.4, -0.2) is 55.1 Å². The van der Waals surface area contributed by atoms with Crippen molar-refractivity contribution in [2.75, 3.05) is 43.4 Å². The van der Waals surface area contributed by atoms with Crippen LogP contribution in [0, 0.1) is 5.92 Å². The second-order valence-electron chi connectivity index (χ2n) is 7.15. The van der Waals surface area contributed by atoms with Gasteiger partial charge in [-0.05, 0) is 51.1 Å². The molecule has 2 fully saturated rings. The number of aromatic carboxylic acids is 1. The highest BCUT2D eigenvalue weighted by Gasteiger charge is 2.24. The van der Waals surface area contributed by atoms with Gasteiger partial charge in [0, 0.05) is 31.2 Å². The number of carboxylic acids is 1. The minimum atomic E-state index is -1.00. The molecule has 0 unspecified atom stereocenters. The van der Waals surface area contributed by atoms with Crippen molar-refractivity contribution in [2.45, 2.75) is 32.1 Å². The van der Waals surface area contributed by atoms with Gasteiger partial charge in [0.2, 0.25) is 5.91 Å². The van der Waals surface area contributed by atoms with E-state index in [1.807, 2.05) is 6.07 Å². The SMILES string of the molecule is CN1CCCN(c2ccc(NC(=O)C3CCCC3)c(C(=O)O)c2)CC1. The number of hydrogen-bond donors (Lipinski definition) is 2. The number of nitrogens with zero attached hydrogens (tertiary/aromatic N) is 2. The zero-order chi connectivity index (χ0) is 17.8. The Morgan fingerprint density at radius 2 is 1.84 bits per heavy atom. The van der Waals surface area contributed by atoms with Gasteiger partial charge in [-0.15, -0.1) is 0 Å². The molecule has 3 rings (SSSR count). The van der Waals surface area contributed by atoms with E-state index in [-0.39, 0.29) is 17.4 Å². The van der Waals surface area contributed by atoms with E-state index < -0.39 is 5.97 Å². The highest BCUT2D eigenvalue weighted by atomic mass is 16.4. The van der Waals surface area contributed by atoms with Crippen molar-refractivity contribution in [2.24, 2.45) is 5.92 Å². The Kier molecular flexibility index (Phi) is 5.58. The number of amides is 1. The topological polar surface area (TPSA) is 72.9 Å². The molecular weight excluding hydrogens is 318 g/mol. The van der Waals surface area contributed by atoms with Crippen molar-refractivity contribution in [3.05, 3.63) is 23.8 Å². The molecule has 1 aliphatic carbocycles. The Hall–Kier alpha value is -2.08. The summed E-state index contributed by atoms with van der Waals surface area (Å²) in [7, 11) is 2.10. The first-order valence-electron chi connectivity index (χ1n) is 9.16. The molecule has 2 N–H and O–H groups in total. The fourth-order valence-electron chi connectivity index (χ4n) is 3.74. The van der Waals surface area contributed by atoms with Crippen LogP contribution in [0.1, 0.15) is 42.5 Å². The van der Waals surface area contributed by atoms with E-state index in [9.17, 15) is 14.7 Å². The van der Waals surface area contributed by atoms with Gasteiger partial charge in [-0.2, -0.15) is 0 Å². The predicted molar refractivity (Wildman–Crippen MR) is 98.3 cm³/mol. The highest BCUT2D eigenvalue weighted by Crippen LogP contribution is 2.28. The minimum Gasteiger partial charge on any atom is -0.478 e. The summed E-state index contributed by atoms with van der Waals surface area (Å²) in [4.78, 5) is 28.5. The van der Waals surface area contributed by atoms with Crippen LogP contribution in [0.5, 0.6) is 0 Å². The van der Waals surface area contributed by atoms with Gasteiger partial charge in [0.1, 0.15) is 0 Å². The first kappa shape index (κ1) is 17.7. The summed E-state index contributed by atoms with van der Waals surface area (Å²) in [5, 5.41) is 12.4. The molecule has 1 saturated heterocycles. The number of carbonyl (C=O) groups excluding carboxylic acids is 1. The molecular formula is C19H27N3O3. The zero-order valence-corrected chi connectivity index (χ0v) is 14.8. The number of hydrogen-bond acceptors (Lipinski definition) is 4. The number of benzene rings is 1. The molecule has 136 valence electrons. The first-order chi connectivity index (χ1) is 12.0. The summed E-state index contributed by atoms with van der Waals surface area (Å²) in [6, 6.07) is 5.35. The number of carbonyl (C=O) groups is 2. The second kappa shape index (κ2) is 7.87. The molecule has 0 spiro atoms. The molecule has 1 aromatic carbocycles. The van der Waals surface area contributed by atoms with Crippen molar-refractivity contribution in [1.82, 2.24) is 4.90 Å². The molecule has 25 heavy (non-hydrogen) atoms. The average Bonchev–Trinajstić information content (AvgIpc) is 3.04. The standard InChI is InChI=1S/C19H27N3O3/c1-21-9-4-10-22(12-11-21)15-7-8-17(16(13-15)19(24)25)20-18(23)14-5-2-3-6-14/h7-8,13-14H,2-6,9-12H2,1H3,(H,20,23)(H,24,25). The average molecular weight is 345 g/mol. The summed E-state index contributed by atoms with van der Waals surface area (Å²) in [5.74, 6) is -1.04. The van der Waals surface area contributed by atoms with Gasteiger partial charge in [0.15, 0.2) is 0 Å². The normalized spacial score (nSPS) is 19.6. The Morgan fingerprint density at radius 1 is 1.08 bits per heavy atom. The van der Waals surface area contributed by atoms with E-state index in [4.69, 9.17) is 0 Å². The van der Waals surface area contributed by atoms with Gasteiger partial charge in [-0.1, -0.05) is 12.8 Å². The quantitative estimate of drug-likeness (QED) is 0.878. The van der Waals surface area contributed by atoms with Crippen LogP contribution >= 0.6 is 0 Å². The van der Waals surface area contributed by atoms with Gasteiger partial charge in [0.05, 0.1) is 11.3 Å². The molecule has 0 radical (unpaired) electrons. The fourth-order valence-corrected chi connectivity index (χ4v) is 3.74. The van der Waals surface area contributed by atoms with Crippen molar-refractivity contribution in [3.63, 3.8) is 0 Å². The second-order valence-corrected chi connectivity index (χ2v) is 7.15. The molecule has 2 aliphatic rings. The lowest BCUT2D eigenvalue weighted by Crippen LogP contribution is -2.29. The lowest BCUT2D eigenvalue weighted by atomic mass is 10.1. The van der Waals surface area contributed by atoms with E-state index in [2.05, 4.69) is 22.2 Å². The van der Waals surface area contributed by atoms with Crippen LogP contribution in [0.25, 0.3) is 0 Å². The number of nitrogens with one attached hydrogen (secondary N) is 1. The predicted octanol–water partition coefficient (Wildman–Crippen LogP) is 2.66. The van der Waals surface area contributed by atoms with Gasteiger partial charge < -0.3 is 20.2 Å². The Labute approximate surface area is 148 Å². The maximum Gasteiger partial charge on any atom is 0.337 e. The van der Waals surface area contributed by atoms with Crippen LogP contribution in [-0.2, 0) is 4.79 Å². The molecule has 6 nitrogen and oxygen atoms in total. The molecule has 1 saturated carbocycles. The monoisotopic (exact) mass is 345 g/mol. The number of likely N-dealkylation sites (N-methyl/N-ethyl adjacent to an activating group) is 1. The molecule has 1 aliphatic heterocycles. The largest absolute Gasteiger partial charge is 0.478 e. The summed E-state index contributed by atoms with van der Waals surface area (Å²) < 4.78 is 0. The number of rotatable bonds is 4. The van der Waals surface area contributed by atoms with Crippen LogP contribution in [0.4, 0.5) is 11.4 Å². The number of carboxylic acid groups (broad SMARTS) is 1. The molecule has 0 atom stereocenters. The lowest BCUT2D eigenvalue weighted by molar-refractivity contribution is -0.119. The lowest BCUT2D eigenvalue weighted by Gasteiger charge is -2.24. The smallest absolute Gasteiger partial charge is 0.337 e. The Morgan fingerprint density at radius 3 is 2.56 bits per heavy atom. The highest BCUT2D eigenvalue weighted by molar-refractivity contribution is 6.02. The van der Waals surface area contributed by atoms with Crippen LogP contribution < -0.4 is 10.2 Å². The molecule has 6 heteroatoms. The van der Waals surface area contributed by atoms with E-state index in [0.29, 0.717) is 5.69 Å². The fraction of sp³-hybridized carbons (Fsp3) is 0.579. The van der Waals surface area contributed by atoms with Crippen molar-refractivity contribution in [1.29, 1.82) is 0 Å². The van der Waals surface area contributed by atoms with E-state index in [1.165, 1.54) is 0 Å². The third-order valence-corrected chi connectivity index (χ3v) is 5.30. The maximum absolute atomic E-state index is 12.3. The van der Waals surface area contributed by atoms with Crippen LogP contribution in [0.15, 0.2) is 18.2 Å². The maximum atomic E-state index is 12.3. The molecule has 1 amide bonds. The van der Waals surface area contributed by atoms with Crippen molar-refractivity contribution in [3.8, 4) is 0 Å². The summed E-state index contributed by atoms with van der Waals surface area (Å²) in [5.41, 5.74) is 1.48. The van der Waals surface area contributed by atoms with Crippen LogP contribution in [0.2, 0.25) is 0 Å². The number of anilines is 2. The van der Waals surface area contributed by atoms with Gasteiger partial charge in [0.25, 0.3) is 0 Å². The third-order valence-electron chi connectivity index (χ3n) is 5.30. The van der Waals surface area contributed by atoms with Crippen molar-refractivity contribution >= 4 is 23.3 Å². The van der Waals surface area contributed by atoms with Crippen molar-refractivity contribution < 1.29 is 14.7 Å². The molecule has 0 aromatic heterocycles. The van der Waals surface area contributed by atoms with Gasteiger partial charge in [-0.25, -0.2) is 4.79 Å². The van der Waals surface area contributed by atoms with Crippen LogP contribution in [0.3, 0.4) is 0 Å². The molecule has 1 heterocycles. The first-order valence-corrected chi connectivity index (χ1v) is 9.16.